The van der Waals surface area contributed by atoms with Crippen LogP contribution in [0.4, 0.5) is 0 Å². The molecule has 1 N–H and O–H groups in total. The van der Waals surface area contributed by atoms with Gasteiger partial charge in [-0.3, -0.25) is 4.90 Å². The van der Waals surface area contributed by atoms with Gasteiger partial charge in [0.2, 0.25) is 0 Å². The molecule has 2 heterocycles. The molecule has 1 atom stereocenters. The third kappa shape index (κ3) is 2.54. The molecule has 0 radical (unpaired) electrons. The minimum atomic E-state index is -1.16. The SMILES string of the molecule is COC(=O)c1ccc2c(n1)C(O)(N1CCN(C)CC1)CC=C2. The van der Waals surface area contributed by atoms with E-state index in [1.54, 1.807) is 6.07 Å². The van der Waals surface area contributed by atoms with Crippen molar-refractivity contribution in [3.05, 3.63) is 35.2 Å². The Morgan fingerprint density at radius 1 is 1.32 bits per heavy atom. The molecule has 0 bridgehead atoms. The number of carbonyl (C=O) groups excluding carboxylic acids is 1. The molecule has 1 unspecified atom stereocenters. The first-order valence-electron chi connectivity index (χ1n) is 7.47. The molecule has 6 heteroatoms. The summed E-state index contributed by atoms with van der Waals surface area (Å²) in [6.45, 7) is 3.34. The van der Waals surface area contributed by atoms with Crippen LogP contribution in [0.15, 0.2) is 18.2 Å². The summed E-state index contributed by atoms with van der Waals surface area (Å²) >= 11 is 0. The molecule has 0 aromatic carbocycles. The molecule has 118 valence electrons. The second-order valence-corrected chi connectivity index (χ2v) is 5.84. The van der Waals surface area contributed by atoms with E-state index in [2.05, 4.69) is 16.9 Å². The Hall–Kier alpha value is -1.76. The van der Waals surface area contributed by atoms with Crippen LogP contribution in [0.5, 0.6) is 0 Å². The van der Waals surface area contributed by atoms with Crippen molar-refractivity contribution in [2.45, 2.75) is 12.1 Å². The number of pyridine rings is 1. The van der Waals surface area contributed by atoms with Crippen molar-refractivity contribution in [2.24, 2.45) is 0 Å². The minimum Gasteiger partial charge on any atom is -0.464 e. The van der Waals surface area contributed by atoms with Crippen molar-refractivity contribution >= 4 is 12.0 Å². The van der Waals surface area contributed by atoms with Gasteiger partial charge in [-0.1, -0.05) is 18.2 Å². The average molecular weight is 303 g/mol. The maximum Gasteiger partial charge on any atom is 0.356 e. The fourth-order valence-electron chi connectivity index (χ4n) is 3.05. The van der Waals surface area contributed by atoms with E-state index in [4.69, 9.17) is 4.74 Å². The topological polar surface area (TPSA) is 65.9 Å². The summed E-state index contributed by atoms with van der Waals surface area (Å²) < 4.78 is 4.73. The molecule has 22 heavy (non-hydrogen) atoms. The first-order valence-corrected chi connectivity index (χ1v) is 7.47. The number of nitrogens with zero attached hydrogens (tertiary/aromatic N) is 3. The Morgan fingerprint density at radius 2 is 2.05 bits per heavy atom. The van der Waals surface area contributed by atoms with Gasteiger partial charge in [-0.05, 0) is 13.1 Å². The number of piperazine rings is 1. The number of aliphatic hydroxyl groups is 1. The van der Waals surface area contributed by atoms with Crippen LogP contribution in [-0.2, 0) is 10.5 Å². The van der Waals surface area contributed by atoms with Crippen molar-refractivity contribution in [3.8, 4) is 0 Å². The maximum absolute atomic E-state index is 11.7. The maximum atomic E-state index is 11.7. The number of methoxy groups -OCH3 is 1. The fourth-order valence-corrected chi connectivity index (χ4v) is 3.05. The fraction of sp³-hybridized carbons (Fsp3) is 0.500. The van der Waals surface area contributed by atoms with Gasteiger partial charge in [-0.25, -0.2) is 9.78 Å². The lowest BCUT2D eigenvalue weighted by Gasteiger charge is -2.44. The van der Waals surface area contributed by atoms with Gasteiger partial charge in [0.15, 0.2) is 5.72 Å². The second-order valence-electron chi connectivity index (χ2n) is 5.84. The standard InChI is InChI=1S/C16H21N3O3/c1-18-8-10-19(11-9-18)16(21)7-3-4-12-5-6-13(15(20)22-2)17-14(12)16/h3-6,21H,7-11H2,1-2H3. The molecule has 1 saturated heterocycles. The molecule has 3 rings (SSSR count). The Balaban J connectivity index is 1.98. The molecule has 1 aliphatic heterocycles. The van der Waals surface area contributed by atoms with Gasteiger partial charge in [-0.15, -0.1) is 0 Å². The van der Waals surface area contributed by atoms with E-state index >= 15 is 0 Å². The molecular formula is C16H21N3O3. The molecule has 0 amide bonds. The molecule has 0 spiro atoms. The quantitative estimate of drug-likeness (QED) is 0.811. The number of hydrogen-bond acceptors (Lipinski definition) is 6. The molecule has 1 fully saturated rings. The smallest absolute Gasteiger partial charge is 0.356 e. The highest BCUT2D eigenvalue weighted by atomic mass is 16.5. The number of likely N-dealkylation sites (N-methyl/N-ethyl adjacent to an activating group) is 1. The molecular weight excluding hydrogens is 282 g/mol. The molecule has 6 nitrogen and oxygen atoms in total. The summed E-state index contributed by atoms with van der Waals surface area (Å²) in [7, 11) is 3.40. The molecule has 1 aliphatic carbocycles. The van der Waals surface area contributed by atoms with Crippen LogP contribution < -0.4 is 0 Å². The van der Waals surface area contributed by atoms with E-state index in [0.29, 0.717) is 12.1 Å². The lowest BCUT2D eigenvalue weighted by molar-refractivity contribution is -0.131. The van der Waals surface area contributed by atoms with Gasteiger partial charge in [0.25, 0.3) is 0 Å². The highest BCUT2D eigenvalue weighted by Crippen LogP contribution is 2.36. The molecule has 1 aromatic heterocycles. The predicted molar refractivity (Wildman–Crippen MR) is 82.2 cm³/mol. The number of fused-ring (bicyclic) bond motifs is 1. The zero-order chi connectivity index (χ0) is 15.7. The van der Waals surface area contributed by atoms with E-state index in [9.17, 15) is 9.90 Å². The van der Waals surface area contributed by atoms with Gasteiger partial charge in [0, 0.05) is 38.2 Å². The van der Waals surface area contributed by atoms with Crippen molar-refractivity contribution in [3.63, 3.8) is 0 Å². The van der Waals surface area contributed by atoms with Gasteiger partial charge < -0.3 is 14.7 Å². The van der Waals surface area contributed by atoms with Gasteiger partial charge in [-0.2, -0.15) is 0 Å². The van der Waals surface area contributed by atoms with E-state index in [1.807, 2.05) is 23.1 Å². The van der Waals surface area contributed by atoms with Gasteiger partial charge in [0.05, 0.1) is 12.8 Å². The zero-order valence-corrected chi connectivity index (χ0v) is 13.0. The van der Waals surface area contributed by atoms with Crippen molar-refractivity contribution in [2.75, 3.05) is 40.3 Å². The first kappa shape index (κ1) is 15.1. The summed E-state index contributed by atoms with van der Waals surface area (Å²) in [5.74, 6) is -0.488. The monoisotopic (exact) mass is 303 g/mol. The summed E-state index contributed by atoms with van der Waals surface area (Å²) in [4.78, 5) is 20.4. The Morgan fingerprint density at radius 3 is 2.73 bits per heavy atom. The van der Waals surface area contributed by atoms with Crippen LogP contribution in [0.3, 0.4) is 0 Å². The Kier molecular flexibility index (Phi) is 3.99. The van der Waals surface area contributed by atoms with E-state index in [1.165, 1.54) is 7.11 Å². The third-order valence-corrected chi connectivity index (χ3v) is 4.43. The Bertz CT molecular complexity index is 609. The zero-order valence-electron chi connectivity index (χ0n) is 13.0. The lowest BCUT2D eigenvalue weighted by Crippen LogP contribution is -2.55. The van der Waals surface area contributed by atoms with Gasteiger partial charge in [0.1, 0.15) is 5.69 Å². The lowest BCUT2D eigenvalue weighted by atomic mass is 9.91. The molecule has 2 aliphatic rings. The first-order chi connectivity index (χ1) is 10.5. The van der Waals surface area contributed by atoms with Crippen LogP contribution in [0, 0.1) is 0 Å². The summed E-state index contributed by atoms with van der Waals surface area (Å²) in [6.07, 6.45) is 4.37. The molecule has 1 aromatic rings. The van der Waals surface area contributed by atoms with Crippen LogP contribution in [0.2, 0.25) is 0 Å². The van der Waals surface area contributed by atoms with Crippen molar-refractivity contribution in [1.29, 1.82) is 0 Å². The predicted octanol–water partition coefficient (Wildman–Crippen LogP) is 0.678. The van der Waals surface area contributed by atoms with Crippen LogP contribution in [0.25, 0.3) is 6.08 Å². The summed E-state index contributed by atoms with van der Waals surface area (Å²) in [5, 5.41) is 11.3. The average Bonchev–Trinajstić information content (AvgIpc) is 2.54. The Labute approximate surface area is 130 Å². The third-order valence-electron chi connectivity index (χ3n) is 4.43. The van der Waals surface area contributed by atoms with E-state index in [0.717, 1.165) is 31.7 Å². The normalized spacial score (nSPS) is 25.8. The number of esters is 1. The largest absolute Gasteiger partial charge is 0.464 e. The van der Waals surface area contributed by atoms with Gasteiger partial charge >= 0.3 is 5.97 Å². The second kappa shape index (κ2) is 5.79. The highest BCUT2D eigenvalue weighted by Gasteiger charge is 2.41. The number of aromatic nitrogens is 1. The summed E-state index contributed by atoms with van der Waals surface area (Å²) in [5.41, 5.74) is 0.460. The summed E-state index contributed by atoms with van der Waals surface area (Å²) in [6, 6.07) is 3.44. The van der Waals surface area contributed by atoms with E-state index in [-0.39, 0.29) is 5.69 Å². The van der Waals surface area contributed by atoms with Crippen LogP contribution >= 0.6 is 0 Å². The highest BCUT2D eigenvalue weighted by molar-refractivity contribution is 5.87. The minimum absolute atomic E-state index is 0.226. The number of carbonyl (C=O) groups is 1. The van der Waals surface area contributed by atoms with Crippen molar-refractivity contribution < 1.29 is 14.6 Å². The van der Waals surface area contributed by atoms with E-state index < -0.39 is 11.7 Å². The molecule has 0 saturated carbocycles. The van der Waals surface area contributed by atoms with Crippen molar-refractivity contribution in [1.82, 2.24) is 14.8 Å². The van der Waals surface area contributed by atoms with Crippen LogP contribution in [0.1, 0.15) is 28.2 Å². The number of hydrogen-bond donors (Lipinski definition) is 1. The number of ether oxygens (including phenoxy) is 1. The number of rotatable bonds is 2. The van der Waals surface area contributed by atoms with Crippen LogP contribution in [-0.4, -0.2) is 66.2 Å².